The number of piperidine rings is 1. The normalized spacial score (nSPS) is 22.4. The molecule has 0 bridgehead atoms. The SMILES string of the molecule is CC.O=CN1CCC(c2ccc(F)cc2)C(CO)C1. The molecule has 1 fully saturated rings. The monoisotopic (exact) mass is 267 g/mol. The van der Waals surface area contributed by atoms with E-state index in [2.05, 4.69) is 0 Å². The summed E-state index contributed by atoms with van der Waals surface area (Å²) in [6.07, 6.45) is 1.64. The number of aliphatic hydroxyl groups excluding tert-OH is 1. The van der Waals surface area contributed by atoms with Crippen LogP contribution in [0.4, 0.5) is 4.39 Å². The highest BCUT2D eigenvalue weighted by atomic mass is 19.1. The van der Waals surface area contributed by atoms with Crippen LogP contribution in [0.25, 0.3) is 0 Å². The average molecular weight is 267 g/mol. The lowest BCUT2D eigenvalue weighted by Crippen LogP contribution is -2.40. The van der Waals surface area contributed by atoms with Gasteiger partial charge in [-0.25, -0.2) is 4.39 Å². The summed E-state index contributed by atoms with van der Waals surface area (Å²) in [5.74, 6) is -0.00385. The van der Waals surface area contributed by atoms with Crippen LogP contribution >= 0.6 is 0 Å². The molecule has 0 radical (unpaired) electrons. The van der Waals surface area contributed by atoms with Crippen molar-refractivity contribution in [3.8, 4) is 0 Å². The molecule has 1 saturated heterocycles. The van der Waals surface area contributed by atoms with Crippen LogP contribution in [0.1, 0.15) is 31.7 Å². The number of nitrogens with zero attached hydrogens (tertiary/aromatic N) is 1. The molecule has 0 spiro atoms. The maximum absolute atomic E-state index is 12.8. The van der Waals surface area contributed by atoms with E-state index in [1.54, 1.807) is 17.0 Å². The number of carbonyl (C=O) groups is 1. The van der Waals surface area contributed by atoms with Gasteiger partial charge in [-0.1, -0.05) is 26.0 Å². The van der Waals surface area contributed by atoms with Crippen molar-refractivity contribution in [1.29, 1.82) is 0 Å². The van der Waals surface area contributed by atoms with Crippen LogP contribution in [0, 0.1) is 11.7 Å². The molecular formula is C15H22FNO2. The van der Waals surface area contributed by atoms with Crippen LogP contribution < -0.4 is 0 Å². The predicted molar refractivity (Wildman–Crippen MR) is 73.3 cm³/mol. The van der Waals surface area contributed by atoms with E-state index >= 15 is 0 Å². The van der Waals surface area contributed by atoms with Crippen LogP contribution in [0.2, 0.25) is 0 Å². The van der Waals surface area contributed by atoms with Crippen LogP contribution in [0.5, 0.6) is 0 Å². The van der Waals surface area contributed by atoms with Gasteiger partial charge in [0.15, 0.2) is 0 Å². The molecule has 1 heterocycles. The first kappa shape index (κ1) is 15.6. The molecule has 2 rings (SSSR count). The Balaban J connectivity index is 0.000000861. The molecular weight excluding hydrogens is 245 g/mol. The molecule has 0 aromatic heterocycles. The zero-order valence-electron chi connectivity index (χ0n) is 11.6. The Morgan fingerprint density at radius 2 is 2.00 bits per heavy atom. The first-order valence-corrected chi connectivity index (χ1v) is 6.80. The van der Waals surface area contributed by atoms with Gasteiger partial charge in [0.2, 0.25) is 6.41 Å². The highest BCUT2D eigenvalue weighted by Crippen LogP contribution is 2.32. The first-order chi connectivity index (χ1) is 9.24. The van der Waals surface area contributed by atoms with Gasteiger partial charge in [0.1, 0.15) is 5.82 Å². The predicted octanol–water partition coefficient (Wildman–Crippen LogP) is 2.41. The second-order valence-corrected chi connectivity index (χ2v) is 4.49. The molecule has 19 heavy (non-hydrogen) atoms. The molecule has 1 N–H and O–H groups in total. The topological polar surface area (TPSA) is 40.5 Å². The summed E-state index contributed by atoms with van der Waals surface area (Å²) in [4.78, 5) is 12.4. The lowest BCUT2D eigenvalue weighted by molar-refractivity contribution is -0.120. The van der Waals surface area contributed by atoms with E-state index in [1.807, 2.05) is 13.8 Å². The van der Waals surface area contributed by atoms with E-state index in [9.17, 15) is 14.3 Å². The first-order valence-electron chi connectivity index (χ1n) is 6.80. The molecule has 4 heteroatoms. The summed E-state index contributed by atoms with van der Waals surface area (Å²) in [6, 6.07) is 6.41. The molecule has 2 atom stereocenters. The fourth-order valence-electron chi connectivity index (χ4n) is 2.49. The summed E-state index contributed by atoms with van der Waals surface area (Å²) in [5, 5.41) is 9.37. The van der Waals surface area contributed by atoms with Crippen molar-refractivity contribution in [3.63, 3.8) is 0 Å². The highest BCUT2D eigenvalue weighted by molar-refractivity contribution is 5.47. The maximum atomic E-state index is 12.8. The number of aliphatic hydroxyl groups is 1. The summed E-state index contributed by atoms with van der Waals surface area (Å²) in [6.45, 7) is 5.32. The van der Waals surface area contributed by atoms with Gasteiger partial charge in [-0.3, -0.25) is 4.79 Å². The maximum Gasteiger partial charge on any atom is 0.209 e. The summed E-state index contributed by atoms with van der Waals surface area (Å²) in [5.41, 5.74) is 1.04. The second-order valence-electron chi connectivity index (χ2n) is 4.49. The Hall–Kier alpha value is -1.42. The standard InChI is InChI=1S/C13H16FNO2.C2H6/c14-12-3-1-10(2-4-12)13-5-6-15(9-17)7-11(13)8-16;1-2/h1-4,9,11,13,16H,5-8H2;1-2H3. The van der Waals surface area contributed by atoms with Crippen LogP contribution in [0.3, 0.4) is 0 Å². The second kappa shape index (κ2) is 7.89. The minimum atomic E-state index is -0.250. The number of likely N-dealkylation sites (tertiary alicyclic amines) is 1. The smallest absolute Gasteiger partial charge is 0.209 e. The van der Waals surface area contributed by atoms with Gasteiger partial charge in [-0.15, -0.1) is 0 Å². The minimum Gasteiger partial charge on any atom is -0.396 e. The lowest BCUT2D eigenvalue weighted by atomic mass is 9.81. The zero-order valence-corrected chi connectivity index (χ0v) is 11.6. The van der Waals surface area contributed by atoms with Crippen LogP contribution in [0.15, 0.2) is 24.3 Å². The minimum absolute atomic E-state index is 0.0411. The molecule has 1 aromatic carbocycles. The zero-order chi connectivity index (χ0) is 14.3. The van der Waals surface area contributed by atoms with E-state index in [-0.39, 0.29) is 24.3 Å². The number of rotatable bonds is 3. The van der Waals surface area contributed by atoms with Crippen molar-refractivity contribution in [2.75, 3.05) is 19.7 Å². The van der Waals surface area contributed by atoms with Crippen LogP contribution in [-0.2, 0) is 4.79 Å². The Morgan fingerprint density at radius 1 is 1.37 bits per heavy atom. The van der Waals surface area contributed by atoms with E-state index in [1.165, 1.54) is 12.1 Å². The van der Waals surface area contributed by atoms with Gasteiger partial charge >= 0.3 is 0 Å². The van der Waals surface area contributed by atoms with Gasteiger partial charge in [-0.2, -0.15) is 0 Å². The highest BCUT2D eigenvalue weighted by Gasteiger charge is 2.29. The van der Waals surface area contributed by atoms with E-state index < -0.39 is 0 Å². The van der Waals surface area contributed by atoms with E-state index in [4.69, 9.17) is 0 Å². The molecule has 3 nitrogen and oxygen atoms in total. The number of halogens is 1. The van der Waals surface area contributed by atoms with Gasteiger partial charge in [0, 0.05) is 25.6 Å². The van der Waals surface area contributed by atoms with Crippen molar-refractivity contribution in [1.82, 2.24) is 4.90 Å². The Morgan fingerprint density at radius 3 is 2.53 bits per heavy atom. The molecule has 0 aliphatic carbocycles. The fourth-order valence-corrected chi connectivity index (χ4v) is 2.49. The van der Waals surface area contributed by atoms with Gasteiger partial charge in [-0.05, 0) is 30.0 Å². The van der Waals surface area contributed by atoms with Crippen molar-refractivity contribution in [3.05, 3.63) is 35.6 Å². The third-order valence-corrected chi connectivity index (χ3v) is 3.45. The Labute approximate surface area is 114 Å². The molecule has 0 saturated carbocycles. The Bertz CT molecular complexity index is 380. The van der Waals surface area contributed by atoms with E-state index in [0.29, 0.717) is 13.1 Å². The molecule has 2 unspecified atom stereocenters. The average Bonchev–Trinajstić information content (AvgIpc) is 2.49. The molecule has 106 valence electrons. The summed E-state index contributed by atoms with van der Waals surface area (Å²) in [7, 11) is 0. The third kappa shape index (κ3) is 4.03. The number of amides is 1. The molecule has 1 aliphatic heterocycles. The van der Waals surface area contributed by atoms with Crippen LogP contribution in [-0.4, -0.2) is 36.1 Å². The van der Waals surface area contributed by atoms with Crippen molar-refractivity contribution in [2.45, 2.75) is 26.2 Å². The van der Waals surface area contributed by atoms with Crippen molar-refractivity contribution < 1.29 is 14.3 Å². The van der Waals surface area contributed by atoms with Gasteiger partial charge in [0.25, 0.3) is 0 Å². The van der Waals surface area contributed by atoms with Crippen molar-refractivity contribution >= 4 is 6.41 Å². The third-order valence-electron chi connectivity index (χ3n) is 3.45. The number of carbonyl (C=O) groups excluding carboxylic acids is 1. The largest absolute Gasteiger partial charge is 0.396 e. The number of benzene rings is 1. The summed E-state index contributed by atoms with van der Waals surface area (Å²) < 4.78 is 12.8. The van der Waals surface area contributed by atoms with E-state index in [0.717, 1.165) is 18.4 Å². The molecule has 1 aromatic rings. The summed E-state index contributed by atoms with van der Waals surface area (Å²) >= 11 is 0. The van der Waals surface area contributed by atoms with Gasteiger partial charge in [0.05, 0.1) is 0 Å². The number of hydrogen-bond acceptors (Lipinski definition) is 2. The fraction of sp³-hybridized carbons (Fsp3) is 0.533. The van der Waals surface area contributed by atoms with Gasteiger partial charge < -0.3 is 10.0 Å². The molecule has 1 aliphatic rings. The lowest BCUT2D eigenvalue weighted by Gasteiger charge is -2.36. The quantitative estimate of drug-likeness (QED) is 0.854. The molecule has 1 amide bonds. The Kier molecular flexibility index (Phi) is 6.50. The number of hydrogen-bond donors (Lipinski definition) is 1. The van der Waals surface area contributed by atoms with Crippen molar-refractivity contribution in [2.24, 2.45) is 5.92 Å².